The normalized spacial score (nSPS) is 13.4. The number of carbonyl (C=O) groups excluding carboxylic acids is 1. The molecule has 6 nitrogen and oxygen atoms in total. The Balaban J connectivity index is 2.10. The SMILES string of the molecule is CCCCCCCCC(=O)NOP(=O)(O)OCCc1ccccc1. The number of benzene rings is 1. The smallest absolute Gasteiger partial charge is 0.301 e. The Labute approximate surface area is 144 Å². The highest BCUT2D eigenvalue weighted by Crippen LogP contribution is 2.41. The molecule has 0 radical (unpaired) electrons. The zero-order chi connectivity index (χ0) is 17.7. The maximum atomic E-state index is 11.7. The van der Waals surface area contributed by atoms with Crippen LogP contribution in [0.25, 0.3) is 0 Å². The van der Waals surface area contributed by atoms with Gasteiger partial charge in [0.25, 0.3) is 0 Å². The molecule has 1 atom stereocenters. The van der Waals surface area contributed by atoms with E-state index in [9.17, 15) is 14.3 Å². The highest BCUT2D eigenvalue weighted by Gasteiger charge is 2.22. The summed E-state index contributed by atoms with van der Waals surface area (Å²) in [6.45, 7) is 2.19. The summed E-state index contributed by atoms with van der Waals surface area (Å²) in [4.78, 5) is 21.1. The van der Waals surface area contributed by atoms with Crippen molar-refractivity contribution in [2.24, 2.45) is 0 Å². The molecule has 0 bridgehead atoms. The average molecular weight is 357 g/mol. The third-order valence-electron chi connectivity index (χ3n) is 3.52. The van der Waals surface area contributed by atoms with Crippen molar-refractivity contribution in [3.05, 3.63) is 35.9 Å². The summed E-state index contributed by atoms with van der Waals surface area (Å²) in [6.07, 6.45) is 7.14. The number of hydroxylamine groups is 1. The van der Waals surface area contributed by atoms with Gasteiger partial charge in [-0.3, -0.25) is 9.32 Å². The fourth-order valence-electron chi connectivity index (χ4n) is 2.18. The van der Waals surface area contributed by atoms with E-state index in [2.05, 4.69) is 11.5 Å². The van der Waals surface area contributed by atoms with Crippen molar-refractivity contribution in [3.63, 3.8) is 0 Å². The number of hydrogen-bond acceptors (Lipinski definition) is 4. The van der Waals surface area contributed by atoms with Crippen LogP contribution in [0.2, 0.25) is 0 Å². The molecular weight excluding hydrogens is 329 g/mol. The Kier molecular flexibility index (Phi) is 10.6. The minimum atomic E-state index is -4.27. The van der Waals surface area contributed by atoms with E-state index < -0.39 is 13.7 Å². The molecule has 136 valence electrons. The van der Waals surface area contributed by atoms with Gasteiger partial charge in [-0.05, 0) is 18.4 Å². The van der Waals surface area contributed by atoms with Crippen LogP contribution in [0.15, 0.2) is 30.3 Å². The van der Waals surface area contributed by atoms with Gasteiger partial charge in [-0.15, -0.1) is 0 Å². The van der Waals surface area contributed by atoms with Crippen LogP contribution in [-0.2, 0) is 24.9 Å². The van der Waals surface area contributed by atoms with Crippen molar-refractivity contribution >= 4 is 13.7 Å². The maximum Gasteiger partial charge on any atom is 0.493 e. The van der Waals surface area contributed by atoms with Gasteiger partial charge in [0.15, 0.2) is 0 Å². The van der Waals surface area contributed by atoms with Crippen molar-refractivity contribution in [1.29, 1.82) is 0 Å². The molecule has 1 rings (SSSR count). The molecule has 24 heavy (non-hydrogen) atoms. The van der Waals surface area contributed by atoms with Gasteiger partial charge in [-0.1, -0.05) is 69.4 Å². The summed E-state index contributed by atoms with van der Waals surface area (Å²) in [6, 6.07) is 9.45. The standard InChI is InChI=1S/C17H28NO5P/c1-2-3-4-5-6-10-13-17(19)18-23-24(20,21)22-15-14-16-11-8-7-9-12-16/h7-9,11-12H,2-6,10,13-15H2,1H3,(H,18,19)(H,20,21). The summed E-state index contributed by atoms with van der Waals surface area (Å²) in [5.74, 6) is -0.411. The van der Waals surface area contributed by atoms with E-state index in [1.807, 2.05) is 35.8 Å². The topological polar surface area (TPSA) is 84.9 Å². The number of hydrogen-bond donors (Lipinski definition) is 2. The summed E-state index contributed by atoms with van der Waals surface area (Å²) in [5, 5.41) is 0. The van der Waals surface area contributed by atoms with Crippen LogP contribution in [0.1, 0.15) is 57.4 Å². The summed E-state index contributed by atoms with van der Waals surface area (Å²) in [7, 11) is -4.27. The van der Waals surface area contributed by atoms with E-state index in [1.165, 1.54) is 19.3 Å². The Morgan fingerprint density at radius 1 is 1.12 bits per heavy atom. The molecule has 0 saturated heterocycles. The summed E-state index contributed by atoms with van der Waals surface area (Å²) in [5.41, 5.74) is 2.99. The van der Waals surface area contributed by atoms with Crippen LogP contribution >= 0.6 is 7.82 Å². The van der Waals surface area contributed by atoms with Gasteiger partial charge in [0.05, 0.1) is 6.61 Å². The van der Waals surface area contributed by atoms with Crippen LogP contribution in [-0.4, -0.2) is 17.4 Å². The zero-order valence-corrected chi connectivity index (χ0v) is 15.2. The summed E-state index contributed by atoms with van der Waals surface area (Å²) < 4.78 is 21.0. The largest absolute Gasteiger partial charge is 0.493 e. The Morgan fingerprint density at radius 3 is 2.50 bits per heavy atom. The average Bonchev–Trinajstić information content (AvgIpc) is 2.57. The molecule has 1 aromatic rings. The molecule has 1 amide bonds. The van der Waals surface area contributed by atoms with Gasteiger partial charge in [0, 0.05) is 6.42 Å². The van der Waals surface area contributed by atoms with E-state index in [4.69, 9.17) is 4.52 Å². The molecule has 2 N–H and O–H groups in total. The lowest BCUT2D eigenvalue weighted by atomic mass is 10.1. The molecule has 0 aliphatic carbocycles. The van der Waals surface area contributed by atoms with E-state index in [1.54, 1.807) is 0 Å². The molecule has 1 unspecified atom stereocenters. The minimum Gasteiger partial charge on any atom is -0.301 e. The van der Waals surface area contributed by atoms with Crippen LogP contribution < -0.4 is 5.48 Å². The second-order valence-corrected chi connectivity index (χ2v) is 7.05. The third kappa shape index (κ3) is 10.6. The Hall–Kier alpha value is -1.20. The van der Waals surface area contributed by atoms with E-state index in [0.29, 0.717) is 6.42 Å². The van der Waals surface area contributed by atoms with E-state index in [0.717, 1.165) is 24.8 Å². The highest BCUT2D eigenvalue weighted by molar-refractivity contribution is 7.47. The van der Waals surface area contributed by atoms with Gasteiger partial charge in [0.1, 0.15) is 0 Å². The molecular formula is C17H28NO5P. The predicted molar refractivity (Wildman–Crippen MR) is 93.1 cm³/mol. The predicted octanol–water partition coefficient (Wildman–Crippen LogP) is 4.14. The van der Waals surface area contributed by atoms with Crippen molar-refractivity contribution in [2.45, 2.75) is 58.3 Å². The zero-order valence-electron chi connectivity index (χ0n) is 14.3. The van der Waals surface area contributed by atoms with Crippen molar-refractivity contribution < 1.29 is 23.4 Å². The Bertz CT molecular complexity index is 509. The first-order chi connectivity index (χ1) is 11.5. The fraction of sp³-hybridized carbons (Fsp3) is 0.588. The van der Waals surface area contributed by atoms with Crippen molar-refractivity contribution in [2.75, 3.05) is 6.61 Å². The van der Waals surface area contributed by atoms with Crippen LogP contribution in [0.3, 0.4) is 0 Å². The Morgan fingerprint density at radius 2 is 1.79 bits per heavy atom. The number of amides is 1. The van der Waals surface area contributed by atoms with Crippen LogP contribution in [0, 0.1) is 0 Å². The highest BCUT2D eigenvalue weighted by atomic mass is 31.2. The number of rotatable bonds is 13. The number of phosphoric ester groups is 1. The summed E-state index contributed by atoms with van der Waals surface area (Å²) >= 11 is 0. The van der Waals surface area contributed by atoms with Crippen LogP contribution in [0.4, 0.5) is 0 Å². The third-order valence-corrected chi connectivity index (χ3v) is 4.35. The molecule has 0 aliphatic heterocycles. The lowest BCUT2D eigenvalue weighted by Gasteiger charge is -2.12. The molecule has 0 spiro atoms. The van der Waals surface area contributed by atoms with Gasteiger partial charge in [-0.25, -0.2) is 10.0 Å². The quantitative estimate of drug-likeness (QED) is 0.315. The molecule has 0 fully saturated rings. The first-order valence-electron chi connectivity index (χ1n) is 8.52. The molecule has 0 aliphatic rings. The van der Waals surface area contributed by atoms with Crippen molar-refractivity contribution in [1.82, 2.24) is 5.48 Å². The first kappa shape index (κ1) is 20.8. The molecule has 0 aromatic heterocycles. The number of phosphoric acid groups is 1. The number of carbonyl (C=O) groups is 1. The molecule has 7 heteroatoms. The number of nitrogens with one attached hydrogen (secondary N) is 1. The van der Waals surface area contributed by atoms with Gasteiger partial charge in [0.2, 0.25) is 5.91 Å². The van der Waals surface area contributed by atoms with Crippen LogP contribution in [0.5, 0.6) is 0 Å². The number of unbranched alkanes of at least 4 members (excludes halogenated alkanes) is 5. The lowest BCUT2D eigenvalue weighted by molar-refractivity contribution is -0.128. The van der Waals surface area contributed by atoms with E-state index >= 15 is 0 Å². The lowest BCUT2D eigenvalue weighted by Crippen LogP contribution is -2.22. The molecule has 0 heterocycles. The van der Waals surface area contributed by atoms with Gasteiger partial charge >= 0.3 is 7.82 Å². The monoisotopic (exact) mass is 357 g/mol. The first-order valence-corrected chi connectivity index (χ1v) is 10.0. The maximum absolute atomic E-state index is 11.7. The fourth-order valence-corrected chi connectivity index (χ4v) is 2.77. The molecule has 1 aromatic carbocycles. The second-order valence-electron chi connectivity index (χ2n) is 5.67. The second kappa shape index (κ2) is 12.2. The van der Waals surface area contributed by atoms with Gasteiger partial charge in [-0.2, -0.15) is 4.62 Å². The van der Waals surface area contributed by atoms with E-state index in [-0.39, 0.29) is 13.0 Å². The van der Waals surface area contributed by atoms with Gasteiger partial charge < -0.3 is 4.89 Å². The molecule has 0 saturated carbocycles. The van der Waals surface area contributed by atoms with Crippen molar-refractivity contribution in [3.8, 4) is 0 Å². The minimum absolute atomic E-state index is 0.0328.